The van der Waals surface area contributed by atoms with Gasteiger partial charge in [-0.05, 0) is 43.3 Å². The van der Waals surface area contributed by atoms with Gasteiger partial charge in [0.2, 0.25) is 0 Å². The fraction of sp³-hybridized carbons (Fsp3) is 0.278. The molecule has 1 aliphatic heterocycles. The van der Waals surface area contributed by atoms with Gasteiger partial charge in [0.15, 0.2) is 0 Å². The molecule has 0 bridgehead atoms. The van der Waals surface area contributed by atoms with Gasteiger partial charge in [-0.3, -0.25) is 4.79 Å². The fourth-order valence-corrected chi connectivity index (χ4v) is 2.96. The molecule has 4 heteroatoms. The number of carbonyl (C=O) groups is 1. The van der Waals surface area contributed by atoms with Crippen molar-refractivity contribution in [3.05, 3.63) is 64.1 Å². The summed E-state index contributed by atoms with van der Waals surface area (Å²) in [6.07, 6.45) is 0. The van der Waals surface area contributed by atoms with Gasteiger partial charge in [0, 0.05) is 41.9 Å². The normalized spacial score (nSPS) is 15.0. The van der Waals surface area contributed by atoms with Crippen LogP contribution in [0.2, 0.25) is 0 Å². The molecule has 1 fully saturated rings. The maximum atomic E-state index is 12.5. The molecule has 1 amide bonds. The van der Waals surface area contributed by atoms with Crippen molar-refractivity contribution in [3.8, 4) is 0 Å². The Kier molecular flexibility index (Phi) is 4.48. The molecular weight excluding hydrogens is 340 g/mol. The quantitative estimate of drug-likeness (QED) is 0.816. The molecule has 0 aromatic heterocycles. The summed E-state index contributed by atoms with van der Waals surface area (Å²) in [5.74, 6) is 0.135. The van der Waals surface area contributed by atoms with Gasteiger partial charge in [0.25, 0.3) is 5.91 Å². The van der Waals surface area contributed by atoms with Crippen LogP contribution in [0.15, 0.2) is 53.0 Å². The highest BCUT2D eigenvalue weighted by Crippen LogP contribution is 2.20. The Morgan fingerprint density at radius 3 is 2.09 bits per heavy atom. The van der Waals surface area contributed by atoms with E-state index in [4.69, 9.17) is 0 Å². The second-order valence-corrected chi connectivity index (χ2v) is 6.54. The Bertz CT molecular complexity index is 644. The number of rotatable bonds is 2. The smallest absolute Gasteiger partial charge is 0.253 e. The molecule has 0 radical (unpaired) electrons. The van der Waals surface area contributed by atoms with Crippen molar-refractivity contribution in [2.45, 2.75) is 6.92 Å². The number of piperazine rings is 1. The van der Waals surface area contributed by atoms with Crippen LogP contribution in [0.4, 0.5) is 5.69 Å². The highest BCUT2D eigenvalue weighted by Gasteiger charge is 2.22. The minimum Gasteiger partial charge on any atom is -0.368 e. The number of nitrogens with zero attached hydrogens (tertiary/aromatic N) is 2. The van der Waals surface area contributed by atoms with Crippen LogP contribution in [0.5, 0.6) is 0 Å². The minimum atomic E-state index is 0.135. The summed E-state index contributed by atoms with van der Waals surface area (Å²) in [6.45, 7) is 5.31. The van der Waals surface area contributed by atoms with Crippen molar-refractivity contribution < 1.29 is 4.79 Å². The molecule has 0 aliphatic carbocycles. The van der Waals surface area contributed by atoms with Gasteiger partial charge in [-0.15, -0.1) is 0 Å². The monoisotopic (exact) mass is 358 g/mol. The predicted molar refractivity (Wildman–Crippen MR) is 93.4 cm³/mol. The summed E-state index contributed by atoms with van der Waals surface area (Å²) < 4.78 is 1.09. The lowest BCUT2D eigenvalue weighted by Crippen LogP contribution is -2.48. The number of aryl methyl sites for hydroxylation is 1. The first-order valence-corrected chi connectivity index (χ1v) is 8.29. The third-order valence-electron chi connectivity index (χ3n) is 4.06. The summed E-state index contributed by atoms with van der Waals surface area (Å²) in [4.78, 5) is 16.8. The molecule has 1 aliphatic rings. The van der Waals surface area contributed by atoms with E-state index < -0.39 is 0 Å². The molecule has 1 saturated heterocycles. The predicted octanol–water partition coefficient (Wildman–Crippen LogP) is 3.72. The molecule has 0 N–H and O–H groups in total. The van der Waals surface area contributed by atoms with Gasteiger partial charge in [0.05, 0.1) is 0 Å². The van der Waals surface area contributed by atoms with Gasteiger partial charge in [0.1, 0.15) is 0 Å². The Labute approximate surface area is 139 Å². The first kappa shape index (κ1) is 15.1. The van der Waals surface area contributed by atoms with Crippen LogP contribution in [-0.2, 0) is 0 Å². The van der Waals surface area contributed by atoms with E-state index in [2.05, 4.69) is 45.1 Å². The number of hydrogen-bond donors (Lipinski definition) is 0. The highest BCUT2D eigenvalue weighted by atomic mass is 79.9. The summed E-state index contributed by atoms with van der Waals surface area (Å²) >= 11 is 3.46. The number of benzene rings is 2. The Balaban J connectivity index is 1.62. The summed E-state index contributed by atoms with van der Waals surface area (Å²) in [6, 6.07) is 16.1. The van der Waals surface area contributed by atoms with Crippen molar-refractivity contribution >= 4 is 27.5 Å². The fourth-order valence-electron chi connectivity index (χ4n) is 2.70. The van der Waals surface area contributed by atoms with Crippen LogP contribution in [0.25, 0.3) is 0 Å². The molecule has 1 heterocycles. The first-order valence-electron chi connectivity index (χ1n) is 7.50. The van der Waals surface area contributed by atoms with Crippen LogP contribution >= 0.6 is 15.9 Å². The molecule has 0 spiro atoms. The van der Waals surface area contributed by atoms with E-state index >= 15 is 0 Å². The zero-order chi connectivity index (χ0) is 15.5. The molecule has 2 aromatic rings. The van der Waals surface area contributed by atoms with E-state index in [-0.39, 0.29) is 5.91 Å². The molecule has 2 aromatic carbocycles. The number of halogens is 1. The van der Waals surface area contributed by atoms with Crippen LogP contribution in [-0.4, -0.2) is 37.0 Å². The van der Waals surface area contributed by atoms with Gasteiger partial charge < -0.3 is 9.80 Å². The van der Waals surface area contributed by atoms with Crippen molar-refractivity contribution in [1.29, 1.82) is 0 Å². The molecule has 0 unspecified atom stereocenters. The van der Waals surface area contributed by atoms with Crippen LogP contribution in [0.1, 0.15) is 15.9 Å². The van der Waals surface area contributed by atoms with Gasteiger partial charge in [-0.2, -0.15) is 0 Å². The van der Waals surface area contributed by atoms with Crippen LogP contribution in [0.3, 0.4) is 0 Å². The lowest BCUT2D eigenvalue weighted by molar-refractivity contribution is 0.0747. The zero-order valence-corrected chi connectivity index (χ0v) is 14.2. The molecule has 0 atom stereocenters. The second-order valence-electron chi connectivity index (χ2n) is 5.62. The van der Waals surface area contributed by atoms with Crippen LogP contribution in [0, 0.1) is 6.92 Å². The average molecular weight is 359 g/mol. The van der Waals surface area contributed by atoms with E-state index in [0.29, 0.717) is 0 Å². The summed E-state index contributed by atoms with van der Waals surface area (Å²) in [5.41, 5.74) is 3.17. The number of amides is 1. The second kappa shape index (κ2) is 6.53. The van der Waals surface area contributed by atoms with Crippen LogP contribution < -0.4 is 4.90 Å². The van der Waals surface area contributed by atoms with Gasteiger partial charge in [-0.25, -0.2) is 0 Å². The maximum absolute atomic E-state index is 12.5. The SMILES string of the molecule is Cc1ccc(C(=O)N2CCN(c3ccc(Br)cc3)CC2)cc1. The van der Waals surface area contributed by atoms with E-state index in [1.807, 2.05) is 36.1 Å². The lowest BCUT2D eigenvalue weighted by Gasteiger charge is -2.36. The number of anilines is 1. The number of carbonyl (C=O) groups excluding carboxylic acids is 1. The Hall–Kier alpha value is -1.81. The zero-order valence-electron chi connectivity index (χ0n) is 12.6. The molecule has 114 valence electrons. The van der Waals surface area contributed by atoms with Crippen molar-refractivity contribution in [1.82, 2.24) is 4.90 Å². The minimum absolute atomic E-state index is 0.135. The van der Waals surface area contributed by atoms with Crippen molar-refractivity contribution in [2.24, 2.45) is 0 Å². The molecule has 22 heavy (non-hydrogen) atoms. The van der Waals surface area contributed by atoms with E-state index in [9.17, 15) is 4.79 Å². The standard InChI is InChI=1S/C18H19BrN2O/c1-14-2-4-15(5-3-14)18(22)21-12-10-20(11-13-21)17-8-6-16(19)7-9-17/h2-9H,10-13H2,1H3. The van der Waals surface area contributed by atoms with Crippen molar-refractivity contribution in [3.63, 3.8) is 0 Å². The Morgan fingerprint density at radius 1 is 0.909 bits per heavy atom. The van der Waals surface area contributed by atoms with Gasteiger partial charge >= 0.3 is 0 Å². The van der Waals surface area contributed by atoms with Crippen molar-refractivity contribution in [2.75, 3.05) is 31.1 Å². The molecule has 3 nitrogen and oxygen atoms in total. The topological polar surface area (TPSA) is 23.6 Å². The summed E-state index contributed by atoms with van der Waals surface area (Å²) in [5, 5.41) is 0. The Morgan fingerprint density at radius 2 is 1.50 bits per heavy atom. The van der Waals surface area contributed by atoms with E-state index in [1.165, 1.54) is 11.3 Å². The molecule has 3 rings (SSSR count). The summed E-state index contributed by atoms with van der Waals surface area (Å²) in [7, 11) is 0. The first-order chi connectivity index (χ1) is 10.6. The maximum Gasteiger partial charge on any atom is 0.253 e. The lowest BCUT2D eigenvalue weighted by atomic mass is 10.1. The van der Waals surface area contributed by atoms with E-state index in [1.54, 1.807) is 0 Å². The van der Waals surface area contributed by atoms with Gasteiger partial charge in [-0.1, -0.05) is 33.6 Å². The average Bonchev–Trinajstić information content (AvgIpc) is 2.56. The largest absolute Gasteiger partial charge is 0.368 e. The highest BCUT2D eigenvalue weighted by molar-refractivity contribution is 9.10. The van der Waals surface area contributed by atoms with E-state index in [0.717, 1.165) is 36.2 Å². The molecule has 0 saturated carbocycles. The third kappa shape index (κ3) is 3.33. The number of hydrogen-bond acceptors (Lipinski definition) is 2. The molecular formula is C18H19BrN2O. The third-order valence-corrected chi connectivity index (χ3v) is 4.59.